The Bertz CT molecular complexity index is 609. The highest BCUT2D eigenvalue weighted by atomic mass is 32.2. The van der Waals surface area contributed by atoms with E-state index in [1.807, 2.05) is 19.9 Å². The maximum absolute atomic E-state index is 12.3. The van der Waals surface area contributed by atoms with Crippen molar-refractivity contribution in [2.75, 3.05) is 25.4 Å². The van der Waals surface area contributed by atoms with Crippen molar-refractivity contribution in [3.8, 4) is 6.07 Å². The summed E-state index contributed by atoms with van der Waals surface area (Å²) < 4.78 is 30.2. The van der Waals surface area contributed by atoms with Crippen LogP contribution in [0.15, 0.2) is 29.2 Å². The molecule has 0 unspecified atom stereocenters. The number of ether oxygens (including phenoxy) is 1. The highest BCUT2D eigenvalue weighted by Gasteiger charge is 2.24. The number of nitrogens with zero attached hydrogens (tertiary/aromatic N) is 2. The van der Waals surface area contributed by atoms with Crippen molar-refractivity contribution >= 4 is 9.84 Å². The molecule has 21 heavy (non-hydrogen) atoms. The maximum Gasteiger partial charge on any atom is 0.179 e. The van der Waals surface area contributed by atoms with Crippen molar-refractivity contribution in [3.63, 3.8) is 0 Å². The van der Waals surface area contributed by atoms with Gasteiger partial charge in [-0.3, -0.25) is 4.90 Å². The third-order valence-electron chi connectivity index (χ3n) is 3.51. The predicted octanol–water partition coefficient (Wildman–Crippen LogP) is 1.44. The molecule has 1 aliphatic rings. The fraction of sp³-hybridized carbons (Fsp3) is 0.533. The molecule has 0 aromatic heterocycles. The minimum atomic E-state index is -3.31. The zero-order valence-electron chi connectivity index (χ0n) is 12.3. The number of hydrogen-bond acceptors (Lipinski definition) is 5. The molecule has 2 atom stereocenters. The Balaban J connectivity index is 1.99. The number of sulfone groups is 1. The number of rotatable bonds is 4. The molecule has 2 rings (SSSR count). The van der Waals surface area contributed by atoms with Crippen LogP contribution in [0, 0.1) is 11.3 Å². The van der Waals surface area contributed by atoms with Gasteiger partial charge in [0.05, 0.1) is 34.5 Å². The highest BCUT2D eigenvalue weighted by molar-refractivity contribution is 7.91. The average molecular weight is 308 g/mol. The van der Waals surface area contributed by atoms with Gasteiger partial charge in [-0.15, -0.1) is 0 Å². The summed E-state index contributed by atoms with van der Waals surface area (Å²) in [5.74, 6) is 0.0817. The molecule has 1 aliphatic heterocycles. The molecular weight excluding hydrogens is 288 g/mol. The Kier molecular flexibility index (Phi) is 4.99. The van der Waals surface area contributed by atoms with E-state index in [0.29, 0.717) is 12.1 Å². The van der Waals surface area contributed by atoms with Gasteiger partial charge in [-0.05, 0) is 38.1 Å². The van der Waals surface area contributed by atoms with Gasteiger partial charge >= 0.3 is 0 Å². The van der Waals surface area contributed by atoms with Crippen molar-refractivity contribution < 1.29 is 13.2 Å². The smallest absolute Gasteiger partial charge is 0.179 e. The van der Waals surface area contributed by atoms with Crippen LogP contribution in [-0.4, -0.2) is 50.9 Å². The van der Waals surface area contributed by atoms with Crippen LogP contribution in [0.3, 0.4) is 0 Å². The lowest BCUT2D eigenvalue weighted by molar-refractivity contribution is -0.0662. The van der Waals surface area contributed by atoms with Gasteiger partial charge in [-0.2, -0.15) is 5.26 Å². The first kappa shape index (κ1) is 16.0. The summed E-state index contributed by atoms with van der Waals surface area (Å²) in [7, 11) is -3.31. The van der Waals surface area contributed by atoms with Gasteiger partial charge < -0.3 is 4.74 Å². The summed E-state index contributed by atoms with van der Waals surface area (Å²) >= 11 is 0. The zero-order chi connectivity index (χ0) is 15.5. The molecule has 0 bridgehead atoms. The summed E-state index contributed by atoms with van der Waals surface area (Å²) in [6.07, 6.45) is 0.262. The standard InChI is InChI=1S/C15H20N2O3S/c1-12-10-17(11-13(2)20-12)7-8-21(18,19)15-5-3-14(9-16)4-6-15/h3-6,12-13H,7-8,10-11H2,1-2H3/t12-,13+. The molecule has 0 saturated carbocycles. The van der Waals surface area contributed by atoms with Crippen LogP contribution >= 0.6 is 0 Å². The van der Waals surface area contributed by atoms with E-state index >= 15 is 0 Å². The SMILES string of the molecule is C[C@@H]1CN(CCS(=O)(=O)c2ccc(C#N)cc2)C[C@H](C)O1. The number of morpholine rings is 1. The van der Waals surface area contributed by atoms with Crippen LogP contribution in [0.1, 0.15) is 19.4 Å². The van der Waals surface area contributed by atoms with Gasteiger partial charge in [0.2, 0.25) is 0 Å². The van der Waals surface area contributed by atoms with Gasteiger partial charge in [-0.1, -0.05) is 0 Å². The molecule has 1 fully saturated rings. The molecule has 1 saturated heterocycles. The first-order chi connectivity index (χ1) is 9.90. The Morgan fingerprint density at radius 3 is 2.33 bits per heavy atom. The van der Waals surface area contributed by atoms with Crippen LogP contribution < -0.4 is 0 Å². The van der Waals surface area contributed by atoms with Crippen LogP contribution in [0.4, 0.5) is 0 Å². The van der Waals surface area contributed by atoms with Gasteiger partial charge in [0.1, 0.15) is 0 Å². The predicted molar refractivity (Wildman–Crippen MR) is 79.7 cm³/mol. The van der Waals surface area contributed by atoms with E-state index in [2.05, 4.69) is 4.90 Å². The van der Waals surface area contributed by atoms with Gasteiger partial charge in [0, 0.05) is 19.6 Å². The summed E-state index contributed by atoms with van der Waals surface area (Å²) in [5.41, 5.74) is 0.463. The Labute approximate surface area is 126 Å². The van der Waals surface area contributed by atoms with Crippen molar-refractivity contribution in [3.05, 3.63) is 29.8 Å². The fourth-order valence-electron chi connectivity index (χ4n) is 2.57. The monoisotopic (exact) mass is 308 g/mol. The lowest BCUT2D eigenvalue weighted by Gasteiger charge is -2.35. The summed E-state index contributed by atoms with van der Waals surface area (Å²) in [5, 5.41) is 8.74. The van der Waals surface area contributed by atoms with Gasteiger partial charge in [0.15, 0.2) is 9.84 Å². The van der Waals surface area contributed by atoms with E-state index in [1.54, 1.807) is 0 Å². The third kappa shape index (κ3) is 4.27. The van der Waals surface area contributed by atoms with Gasteiger partial charge in [-0.25, -0.2) is 8.42 Å². The van der Waals surface area contributed by atoms with Crippen LogP contribution in [0.25, 0.3) is 0 Å². The largest absolute Gasteiger partial charge is 0.373 e. The molecule has 0 amide bonds. The Morgan fingerprint density at radius 2 is 1.81 bits per heavy atom. The lowest BCUT2D eigenvalue weighted by Crippen LogP contribution is -2.46. The first-order valence-corrected chi connectivity index (χ1v) is 8.66. The lowest BCUT2D eigenvalue weighted by atomic mass is 10.2. The van der Waals surface area contributed by atoms with Crippen molar-refractivity contribution in [2.45, 2.75) is 31.0 Å². The Morgan fingerprint density at radius 1 is 1.24 bits per heavy atom. The number of hydrogen-bond donors (Lipinski definition) is 0. The minimum absolute atomic E-state index is 0.0817. The van der Waals surface area contributed by atoms with E-state index in [0.717, 1.165) is 13.1 Å². The van der Waals surface area contributed by atoms with Crippen LogP contribution in [0.5, 0.6) is 0 Å². The molecule has 6 heteroatoms. The van der Waals surface area contributed by atoms with E-state index < -0.39 is 9.84 Å². The minimum Gasteiger partial charge on any atom is -0.373 e. The third-order valence-corrected chi connectivity index (χ3v) is 5.22. The van der Waals surface area contributed by atoms with E-state index in [4.69, 9.17) is 10.00 Å². The summed E-state index contributed by atoms with van der Waals surface area (Å²) in [6, 6.07) is 8.05. The average Bonchev–Trinajstić information content (AvgIpc) is 2.44. The number of nitriles is 1. The van der Waals surface area contributed by atoms with Crippen molar-refractivity contribution in [1.82, 2.24) is 4.90 Å². The van der Waals surface area contributed by atoms with E-state index in [1.165, 1.54) is 24.3 Å². The second-order valence-electron chi connectivity index (χ2n) is 5.47. The van der Waals surface area contributed by atoms with Crippen molar-refractivity contribution in [1.29, 1.82) is 5.26 Å². The number of benzene rings is 1. The molecule has 0 N–H and O–H groups in total. The molecule has 1 aromatic carbocycles. The molecule has 0 aliphatic carbocycles. The molecular formula is C15H20N2O3S. The van der Waals surface area contributed by atoms with Crippen LogP contribution in [-0.2, 0) is 14.6 Å². The van der Waals surface area contributed by atoms with Gasteiger partial charge in [0.25, 0.3) is 0 Å². The fourth-order valence-corrected chi connectivity index (χ4v) is 3.86. The second kappa shape index (κ2) is 6.56. The molecule has 5 nitrogen and oxygen atoms in total. The topological polar surface area (TPSA) is 70.4 Å². The highest BCUT2D eigenvalue weighted by Crippen LogP contribution is 2.14. The second-order valence-corrected chi connectivity index (χ2v) is 7.58. The summed E-state index contributed by atoms with van der Waals surface area (Å²) in [4.78, 5) is 2.40. The molecule has 0 radical (unpaired) electrons. The molecule has 1 heterocycles. The van der Waals surface area contributed by atoms with E-state index in [-0.39, 0.29) is 22.9 Å². The molecule has 1 aromatic rings. The zero-order valence-corrected chi connectivity index (χ0v) is 13.1. The first-order valence-electron chi connectivity index (χ1n) is 7.01. The van der Waals surface area contributed by atoms with E-state index in [9.17, 15) is 8.42 Å². The Hall–Kier alpha value is -1.42. The van der Waals surface area contributed by atoms with Crippen molar-refractivity contribution in [2.24, 2.45) is 0 Å². The normalized spacial score (nSPS) is 23.7. The maximum atomic E-state index is 12.3. The van der Waals surface area contributed by atoms with Crippen LogP contribution in [0.2, 0.25) is 0 Å². The quantitative estimate of drug-likeness (QED) is 0.842. The molecule has 0 spiro atoms. The summed E-state index contributed by atoms with van der Waals surface area (Å²) in [6.45, 7) is 6.01. The molecule has 114 valence electrons.